The van der Waals surface area contributed by atoms with Crippen LogP contribution in [0.1, 0.15) is 33.8 Å². The van der Waals surface area contributed by atoms with E-state index in [1.165, 1.54) is 25.4 Å². The van der Waals surface area contributed by atoms with Crippen LogP contribution in [0.25, 0.3) is 0 Å². The Labute approximate surface area is 132 Å². The number of nitrogens with one attached hydrogen (secondary N) is 1. The molecule has 2 nitrogen and oxygen atoms in total. The molecule has 0 fully saturated rings. The van der Waals surface area contributed by atoms with Crippen molar-refractivity contribution in [2.45, 2.75) is 26.3 Å². The Morgan fingerprint density at radius 1 is 1.40 bits per heavy atom. The molecule has 106 valence electrons. The smallest absolute Gasteiger partial charge is 0.122 e. The largest absolute Gasteiger partial charge is 0.493 e. The molecule has 20 heavy (non-hydrogen) atoms. The molecule has 1 aromatic carbocycles. The average molecular weight is 352 g/mol. The lowest BCUT2D eigenvalue weighted by atomic mass is 10.0. The molecule has 0 bridgehead atoms. The van der Waals surface area contributed by atoms with Gasteiger partial charge in [-0.1, -0.05) is 19.1 Å². The third-order valence-corrected chi connectivity index (χ3v) is 5.59. The Bertz CT molecular complexity index is 623. The van der Waals surface area contributed by atoms with Gasteiger partial charge in [0.25, 0.3) is 0 Å². The molecule has 2 aromatic rings. The van der Waals surface area contributed by atoms with Crippen LogP contribution in [0.5, 0.6) is 5.75 Å². The lowest BCUT2D eigenvalue weighted by Crippen LogP contribution is -2.21. The van der Waals surface area contributed by atoms with Gasteiger partial charge in [0, 0.05) is 20.6 Å². The van der Waals surface area contributed by atoms with Gasteiger partial charge in [0.05, 0.1) is 12.6 Å². The average Bonchev–Trinajstić information content (AvgIpc) is 3.01. The van der Waals surface area contributed by atoms with E-state index < -0.39 is 0 Å². The van der Waals surface area contributed by atoms with Crippen molar-refractivity contribution in [2.75, 3.05) is 13.2 Å². The van der Waals surface area contributed by atoms with Crippen LogP contribution in [0.3, 0.4) is 0 Å². The Hall–Kier alpha value is -0.840. The van der Waals surface area contributed by atoms with Gasteiger partial charge < -0.3 is 10.1 Å². The van der Waals surface area contributed by atoms with Crippen molar-refractivity contribution in [2.24, 2.45) is 0 Å². The van der Waals surface area contributed by atoms with E-state index >= 15 is 0 Å². The minimum Gasteiger partial charge on any atom is -0.493 e. The number of ether oxygens (including phenoxy) is 1. The summed E-state index contributed by atoms with van der Waals surface area (Å²) in [4.78, 5) is 2.68. The van der Waals surface area contributed by atoms with E-state index in [2.05, 4.69) is 59.4 Å². The SMILES string of the molecule is CCNC(c1ccc2c(c1)CCO2)c1sc(C)cc1Br. The fourth-order valence-corrected chi connectivity index (χ4v) is 4.63. The van der Waals surface area contributed by atoms with Crippen LogP contribution in [0.2, 0.25) is 0 Å². The van der Waals surface area contributed by atoms with Gasteiger partial charge >= 0.3 is 0 Å². The quantitative estimate of drug-likeness (QED) is 0.878. The second-order valence-electron chi connectivity index (χ2n) is 5.03. The van der Waals surface area contributed by atoms with Gasteiger partial charge in [-0.15, -0.1) is 11.3 Å². The molecule has 1 unspecified atom stereocenters. The standard InChI is InChI=1S/C16H18BrNOS/c1-3-18-15(16-13(17)8-10(2)20-16)12-4-5-14-11(9-12)6-7-19-14/h4-5,8-9,15,18H,3,6-7H2,1-2H3. The fraction of sp³-hybridized carbons (Fsp3) is 0.375. The number of benzene rings is 1. The minimum atomic E-state index is 0.249. The summed E-state index contributed by atoms with van der Waals surface area (Å²) in [5.74, 6) is 1.05. The molecule has 0 spiro atoms. The summed E-state index contributed by atoms with van der Waals surface area (Å²) in [5.41, 5.74) is 2.65. The van der Waals surface area contributed by atoms with Gasteiger partial charge in [-0.3, -0.25) is 0 Å². The Morgan fingerprint density at radius 2 is 2.25 bits per heavy atom. The first-order valence-corrected chi connectivity index (χ1v) is 8.55. The van der Waals surface area contributed by atoms with Crippen LogP contribution in [0.15, 0.2) is 28.7 Å². The van der Waals surface area contributed by atoms with Crippen LogP contribution in [-0.2, 0) is 6.42 Å². The maximum absolute atomic E-state index is 5.60. The number of fused-ring (bicyclic) bond motifs is 1. The molecule has 0 saturated heterocycles. The van der Waals surface area contributed by atoms with Crippen molar-refractivity contribution < 1.29 is 4.74 Å². The fourth-order valence-electron chi connectivity index (χ4n) is 2.65. The normalized spacial score (nSPS) is 14.9. The highest BCUT2D eigenvalue weighted by Crippen LogP contribution is 2.37. The predicted molar refractivity (Wildman–Crippen MR) is 87.9 cm³/mol. The summed E-state index contributed by atoms with van der Waals surface area (Å²) < 4.78 is 6.80. The van der Waals surface area contributed by atoms with E-state index in [9.17, 15) is 0 Å². The molecule has 3 rings (SSSR count). The zero-order valence-corrected chi connectivity index (χ0v) is 14.1. The zero-order chi connectivity index (χ0) is 14.1. The van der Waals surface area contributed by atoms with E-state index in [1.54, 1.807) is 0 Å². The summed E-state index contributed by atoms with van der Waals surface area (Å²) >= 11 is 5.54. The molecule has 4 heteroatoms. The van der Waals surface area contributed by atoms with Crippen molar-refractivity contribution in [3.8, 4) is 5.75 Å². The third-order valence-electron chi connectivity index (χ3n) is 3.55. The van der Waals surface area contributed by atoms with Crippen molar-refractivity contribution in [3.63, 3.8) is 0 Å². The molecular weight excluding hydrogens is 334 g/mol. The summed E-state index contributed by atoms with van der Waals surface area (Å²) in [7, 11) is 0. The number of aryl methyl sites for hydroxylation is 1. The highest BCUT2D eigenvalue weighted by atomic mass is 79.9. The topological polar surface area (TPSA) is 21.3 Å². The zero-order valence-electron chi connectivity index (χ0n) is 11.7. The maximum Gasteiger partial charge on any atom is 0.122 e. The van der Waals surface area contributed by atoms with Gasteiger partial charge in [0.15, 0.2) is 0 Å². The molecule has 1 aliphatic rings. The number of hydrogen-bond acceptors (Lipinski definition) is 3. The van der Waals surface area contributed by atoms with Crippen molar-refractivity contribution in [3.05, 3.63) is 49.6 Å². The number of hydrogen-bond donors (Lipinski definition) is 1. The summed E-state index contributed by atoms with van der Waals surface area (Å²) in [6.45, 7) is 6.06. The molecule has 2 heterocycles. The van der Waals surface area contributed by atoms with E-state index in [4.69, 9.17) is 4.74 Å². The van der Waals surface area contributed by atoms with Crippen LogP contribution < -0.4 is 10.1 Å². The highest BCUT2D eigenvalue weighted by Gasteiger charge is 2.21. The lowest BCUT2D eigenvalue weighted by Gasteiger charge is -2.18. The van der Waals surface area contributed by atoms with Crippen molar-refractivity contribution >= 4 is 27.3 Å². The first-order chi connectivity index (χ1) is 9.69. The second kappa shape index (κ2) is 5.88. The molecule has 1 N–H and O–H groups in total. The molecule has 0 saturated carbocycles. The van der Waals surface area contributed by atoms with E-state index in [-0.39, 0.29) is 6.04 Å². The number of rotatable bonds is 4. The first-order valence-electron chi connectivity index (χ1n) is 6.94. The van der Waals surface area contributed by atoms with E-state index in [0.717, 1.165) is 25.3 Å². The van der Waals surface area contributed by atoms with E-state index in [0.29, 0.717) is 0 Å². The van der Waals surface area contributed by atoms with Crippen molar-refractivity contribution in [1.82, 2.24) is 5.32 Å². The van der Waals surface area contributed by atoms with Gasteiger partial charge in [-0.25, -0.2) is 0 Å². The second-order valence-corrected chi connectivity index (χ2v) is 7.17. The Balaban J connectivity index is 2.00. The Kier molecular flexibility index (Phi) is 4.15. The van der Waals surface area contributed by atoms with Crippen LogP contribution in [0, 0.1) is 6.92 Å². The minimum absolute atomic E-state index is 0.249. The van der Waals surface area contributed by atoms with Gasteiger partial charge in [-0.2, -0.15) is 0 Å². The Morgan fingerprint density at radius 3 is 2.95 bits per heavy atom. The van der Waals surface area contributed by atoms with Crippen LogP contribution in [-0.4, -0.2) is 13.2 Å². The number of thiophene rings is 1. The molecule has 0 aliphatic carbocycles. The van der Waals surface area contributed by atoms with Crippen LogP contribution >= 0.6 is 27.3 Å². The molecule has 1 atom stereocenters. The molecule has 0 radical (unpaired) electrons. The molecular formula is C16H18BrNOS. The lowest BCUT2D eigenvalue weighted by molar-refractivity contribution is 0.357. The first kappa shape index (κ1) is 14.1. The predicted octanol–water partition coefficient (Wildman–Crippen LogP) is 4.45. The molecule has 1 aliphatic heterocycles. The van der Waals surface area contributed by atoms with Gasteiger partial charge in [0.2, 0.25) is 0 Å². The monoisotopic (exact) mass is 351 g/mol. The summed E-state index contributed by atoms with van der Waals surface area (Å²) in [6, 6.07) is 9.02. The van der Waals surface area contributed by atoms with Gasteiger partial charge in [0.1, 0.15) is 5.75 Å². The maximum atomic E-state index is 5.60. The van der Waals surface area contributed by atoms with Crippen molar-refractivity contribution in [1.29, 1.82) is 0 Å². The third kappa shape index (κ3) is 2.65. The van der Waals surface area contributed by atoms with Gasteiger partial charge in [-0.05, 0) is 52.7 Å². The molecule has 0 amide bonds. The van der Waals surface area contributed by atoms with E-state index in [1.807, 2.05) is 11.3 Å². The molecule has 1 aromatic heterocycles. The summed E-state index contributed by atoms with van der Waals surface area (Å²) in [5, 5.41) is 3.60. The van der Waals surface area contributed by atoms with Crippen LogP contribution in [0.4, 0.5) is 0 Å². The summed E-state index contributed by atoms with van der Waals surface area (Å²) in [6.07, 6.45) is 1.02. The highest BCUT2D eigenvalue weighted by molar-refractivity contribution is 9.10. The number of halogens is 1.